The van der Waals surface area contributed by atoms with Crippen LogP contribution in [-0.2, 0) is 6.54 Å². The van der Waals surface area contributed by atoms with Gasteiger partial charge in [-0.15, -0.1) is 5.10 Å². The zero-order valence-corrected chi connectivity index (χ0v) is 15.5. The van der Waals surface area contributed by atoms with E-state index in [0.29, 0.717) is 28.8 Å². The maximum absolute atomic E-state index is 12.6. The number of benzene rings is 2. The number of nitrogens with one attached hydrogen (secondary N) is 1. The van der Waals surface area contributed by atoms with Crippen molar-refractivity contribution in [2.24, 2.45) is 0 Å². The van der Waals surface area contributed by atoms with Crippen molar-refractivity contribution in [1.82, 2.24) is 15.0 Å². The molecular weight excluding hydrogens is 370 g/mol. The lowest BCUT2D eigenvalue weighted by Gasteiger charge is -2.11. The molecule has 0 aliphatic rings. The van der Waals surface area contributed by atoms with Crippen LogP contribution in [0.5, 0.6) is 11.5 Å². The Labute approximate surface area is 160 Å². The number of nitrogen functional groups attached to an aromatic ring is 1. The molecule has 0 atom stereocenters. The van der Waals surface area contributed by atoms with Crippen molar-refractivity contribution >= 4 is 29.0 Å². The fourth-order valence-electron chi connectivity index (χ4n) is 2.47. The van der Waals surface area contributed by atoms with E-state index in [1.807, 2.05) is 18.2 Å². The van der Waals surface area contributed by atoms with Crippen molar-refractivity contribution in [3.63, 3.8) is 0 Å². The van der Waals surface area contributed by atoms with Gasteiger partial charge in [-0.05, 0) is 23.8 Å². The third kappa shape index (κ3) is 3.95. The molecule has 0 radical (unpaired) electrons. The van der Waals surface area contributed by atoms with Gasteiger partial charge < -0.3 is 20.5 Å². The lowest BCUT2D eigenvalue weighted by atomic mass is 10.2. The lowest BCUT2D eigenvalue weighted by molar-refractivity contribution is 0.102. The number of hydrogen-bond acceptors (Lipinski definition) is 6. The third-order valence-corrected chi connectivity index (χ3v) is 4.29. The summed E-state index contributed by atoms with van der Waals surface area (Å²) in [6.07, 6.45) is 0. The van der Waals surface area contributed by atoms with Crippen molar-refractivity contribution in [3.8, 4) is 11.5 Å². The summed E-state index contributed by atoms with van der Waals surface area (Å²) < 4.78 is 11.8. The largest absolute Gasteiger partial charge is 0.497 e. The number of anilines is 2. The number of rotatable bonds is 6. The van der Waals surface area contributed by atoms with Gasteiger partial charge in [0, 0.05) is 11.1 Å². The van der Waals surface area contributed by atoms with E-state index in [4.69, 9.17) is 26.8 Å². The fraction of sp³-hybridized carbons (Fsp3) is 0.167. The zero-order valence-electron chi connectivity index (χ0n) is 14.8. The Balaban J connectivity index is 1.80. The smallest absolute Gasteiger partial charge is 0.280 e. The quantitative estimate of drug-likeness (QED) is 0.674. The highest BCUT2D eigenvalue weighted by Gasteiger charge is 2.19. The zero-order chi connectivity index (χ0) is 19.4. The van der Waals surface area contributed by atoms with E-state index in [-0.39, 0.29) is 11.5 Å². The molecule has 140 valence electrons. The van der Waals surface area contributed by atoms with Crippen LogP contribution >= 0.6 is 11.6 Å². The van der Waals surface area contributed by atoms with Crippen LogP contribution in [0, 0.1) is 0 Å². The third-order valence-electron chi connectivity index (χ3n) is 3.92. The van der Waals surface area contributed by atoms with Crippen LogP contribution in [0.25, 0.3) is 0 Å². The number of amides is 1. The first-order chi connectivity index (χ1) is 13.0. The molecule has 3 aromatic rings. The van der Waals surface area contributed by atoms with Crippen LogP contribution in [0.4, 0.5) is 11.5 Å². The van der Waals surface area contributed by atoms with E-state index < -0.39 is 5.91 Å². The van der Waals surface area contributed by atoms with Crippen LogP contribution in [0.15, 0.2) is 42.5 Å². The Morgan fingerprint density at radius 1 is 1.22 bits per heavy atom. The van der Waals surface area contributed by atoms with Gasteiger partial charge in [-0.1, -0.05) is 35.0 Å². The predicted octanol–water partition coefficient (Wildman–Crippen LogP) is 2.83. The molecule has 9 heteroatoms. The molecule has 0 spiro atoms. The Kier molecular flexibility index (Phi) is 5.46. The molecule has 0 saturated carbocycles. The van der Waals surface area contributed by atoms with E-state index in [9.17, 15) is 4.79 Å². The van der Waals surface area contributed by atoms with Crippen molar-refractivity contribution in [2.45, 2.75) is 6.54 Å². The first kappa shape index (κ1) is 18.5. The molecule has 0 unspecified atom stereocenters. The topological polar surface area (TPSA) is 104 Å². The highest BCUT2D eigenvalue weighted by atomic mass is 35.5. The van der Waals surface area contributed by atoms with Crippen molar-refractivity contribution in [1.29, 1.82) is 0 Å². The second-order valence-electron chi connectivity index (χ2n) is 5.59. The van der Waals surface area contributed by atoms with Gasteiger partial charge in [0.1, 0.15) is 11.5 Å². The highest BCUT2D eigenvalue weighted by Crippen LogP contribution is 2.29. The van der Waals surface area contributed by atoms with Gasteiger partial charge in [0.05, 0.1) is 26.5 Å². The molecule has 3 rings (SSSR count). The van der Waals surface area contributed by atoms with Crippen LogP contribution in [0.1, 0.15) is 16.1 Å². The summed E-state index contributed by atoms with van der Waals surface area (Å²) in [6.45, 7) is 0.303. The van der Waals surface area contributed by atoms with E-state index in [2.05, 4.69) is 15.6 Å². The number of nitrogens with zero attached hydrogens (tertiary/aromatic N) is 3. The van der Waals surface area contributed by atoms with E-state index in [1.165, 1.54) is 11.8 Å². The summed E-state index contributed by atoms with van der Waals surface area (Å²) in [6, 6.07) is 12.3. The first-order valence-corrected chi connectivity index (χ1v) is 8.37. The van der Waals surface area contributed by atoms with Gasteiger partial charge in [0.15, 0.2) is 11.5 Å². The van der Waals surface area contributed by atoms with Gasteiger partial charge in [0.2, 0.25) is 0 Å². The number of methoxy groups -OCH3 is 2. The van der Waals surface area contributed by atoms with Crippen molar-refractivity contribution in [2.75, 3.05) is 25.3 Å². The summed E-state index contributed by atoms with van der Waals surface area (Å²) in [5.74, 6) is 0.695. The second kappa shape index (κ2) is 7.96. The van der Waals surface area contributed by atoms with Crippen LogP contribution in [0.3, 0.4) is 0 Å². The summed E-state index contributed by atoms with van der Waals surface area (Å²) in [4.78, 5) is 12.6. The number of carbonyl (C=O) groups excluding carboxylic acids is 1. The molecule has 27 heavy (non-hydrogen) atoms. The summed E-state index contributed by atoms with van der Waals surface area (Å²) in [7, 11) is 3.05. The molecule has 2 aromatic carbocycles. The molecule has 0 aliphatic carbocycles. The number of halogens is 1. The second-order valence-corrected chi connectivity index (χ2v) is 6.00. The van der Waals surface area contributed by atoms with Crippen LogP contribution in [-0.4, -0.2) is 35.1 Å². The van der Waals surface area contributed by atoms with Gasteiger partial charge >= 0.3 is 0 Å². The molecule has 0 aliphatic heterocycles. The molecule has 0 bridgehead atoms. The van der Waals surface area contributed by atoms with E-state index >= 15 is 0 Å². The normalized spacial score (nSPS) is 10.5. The molecular formula is C18H18ClN5O3. The molecule has 8 nitrogen and oxygen atoms in total. The number of ether oxygens (including phenoxy) is 2. The summed E-state index contributed by atoms with van der Waals surface area (Å²) in [5.41, 5.74) is 7.35. The molecule has 1 heterocycles. The molecule has 0 fully saturated rings. The standard InChI is InChI=1S/C18H18ClN5O3/c1-26-12-7-8-14(15(9-12)27-2)21-18(25)16-17(20)24(23-22-16)10-11-5-3-4-6-13(11)19/h3-9H,10,20H2,1-2H3,(H,21,25). The van der Waals surface area contributed by atoms with E-state index in [0.717, 1.165) is 5.56 Å². The molecule has 3 N–H and O–H groups in total. The van der Waals surface area contributed by atoms with Crippen LogP contribution < -0.4 is 20.5 Å². The number of carbonyl (C=O) groups is 1. The van der Waals surface area contributed by atoms with Gasteiger partial charge in [-0.3, -0.25) is 4.79 Å². The number of aromatic nitrogens is 3. The Morgan fingerprint density at radius 2 is 2.00 bits per heavy atom. The monoisotopic (exact) mass is 387 g/mol. The van der Waals surface area contributed by atoms with Gasteiger partial charge in [0.25, 0.3) is 5.91 Å². The Bertz CT molecular complexity index is 973. The van der Waals surface area contributed by atoms with E-state index in [1.54, 1.807) is 31.4 Å². The van der Waals surface area contributed by atoms with Crippen molar-refractivity contribution < 1.29 is 14.3 Å². The SMILES string of the molecule is COc1ccc(NC(=O)c2nnn(Cc3ccccc3Cl)c2N)c(OC)c1. The molecule has 1 amide bonds. The maximum atomic E-state index is 12.6. The van der Waals surface area contributed by atoms with Gasteiger partial charge in [-0.2, -0.15) is 0 Å². The summed E-state index contributed by atoms with van der Waals surface area (Å²) in [5, 5.41) is 11.2. The van der Waals surface area contributed by atoms with Crippen molar-refractivity contribution in [3.05, 3.63) is 58.7 Å². The predicted molar refractivity (Wildman–Crippen MR) is 102 cm³/mol. The van der Waals surface area contributed by atoms with Crippen LogP contribution in [0.2, 0.25) is 5.02 Å². The maximum Gasteiger partial charge on any atom is 0.280 e. The minimum atomic E-state index is -0.499. The number of nitrogens with two attached hydrogens (primary N) is 1. The molecule has 1 aromatic heterocycles. The molecule has 0 saturated heterocycles. The minimum Gasteiger partial charge on any atom is -0.497 e. The fourth-order valence-corrected chi connectivity index (χ4v) is 2.67. The Hall–Kier alpha value is -3.26. The highest BCUT2D eigenvalue weighted by molar-refractivity contribution is 6.31. The average molecular weight is 388 g/mol. The van der Waals surface area contributed by atoms with Gasteiger partial charge in [-0.25, -0.2) is 4.68 Å². The average Bonchev–Trinajstić information content (AvgIpc) is 3.04. The lowest BCUT2D eigenvalue weighted by Crippen LogP contribution is -2.16. The number of hydrogen-bond donors (Lipinski definition) is 2. The summed E-state index contributed by atoms with van der Waals surface area (Å²) >= 11 is 6.16. The Morgan fingerprint density at radius 3 is 2.70 bits per heavy atom. The first-order valence-electron chi connectivity index (χ1n) is 7.99. The minimum absolute atomic E-state index is 0.0138.